The zero-order valence-corrected chi connectivity index (χ0v) is 17.0. The molecule has 1 unspecified atom stereocenters. The van der Waals surface area contributed by atoms with Gasteiger partial charge in [0.15, 0.2) is 0 Å². The summed E-state index contributed by atoms with van der Waals surface area (Å²) in [5.41, 5.74) is 2.02. The van der Waals surface area contributed by atoms with Gasteiger partial charge in [0.1, 0.15) is 0 Å². The van der Waals surface area contributed by atoms with Crippen LogP contribution in [0.5, 0.6) is 0 Å². The van der Waals surface area contributed by atoms with Crippen LogP contribution in [0.2, 0.25) is 0 Å². The smallest absolute Gasteiger partial charge is 0.227 e. The van der Waals surface area contributed by atoms with Crippen LogP contribution in [0.4, 0.5) is 11.4 Å². The maximum absolute atomic E-state index is 12.5. The van der Waals surface area contributed by atoms with E-state index in [0.717, 1.165) is 57.3 Å². The minimum Gasteiger partial charge on any atom is -0.379 e. The molecule has 28 heavy (non-hydrogen) atoms. The molecule has 0 bridgehead atoms. The molecule has 0 saturated carbocycles. The lowest BCUT2D eigenvalue weighted by molar-refractivity contribution is -0.126. The number of hydrogen-bond acceptors (Lipinski definition) is 5. The number of nitrogens with one attached hydrogen (secondary N) is 1. The van der Waals surface area contributed by atoms with E-state index >= 15 is 0 Å². The standard InChI is InChI=1S/C21H32N4O3/c1-3-24(4-2)18-5-7-19(8-6-18)25-16-17(15-20(25)26)21(27)22-9-10-23-11-13-28-14-12-23/h5-8,17H,3-4,9-16H2,1-2H3,(H,22,27). The molecule has 3 rings (SSSR count). The number of morpholine rings is 1. The van der Waals surface area contributed by atoms with Gasteiger partial charge in [-0.25, -0.2) is 0 Å². The number of hydrogen-bond donors (Lipinski definition) is 1. The van der Waals surface area contributed by atoms with Crippen molar-refractivity contribution >= 4 is 23.2 Å². The van der Waals surface area contributed by atoms with Gasteiger partial charge in [-0.05, 0) is 38.1 Å². The highest BCUT2D eigenvalue weighted by Crippen LogP contribution is 2.27. The molecule has 154 valence electrons. The fraction of sp³-hybridized carbons (Fsp3) is 0.619. The maximum atomic E-state index is 12.5. The van der Waals surface area contributed by atoms with E-state index in [0.29, 0.717) is 13.1 Å². The largest absolute Gasteiger partial charge is 0.379 e. The van der Waals surface area contributed by atoms with E-state index in [9.17, 15) is 9.59 Å². The molecule has 2 aliphatic rings. The number of amides is 2. The van der Waals surface area contributed by atoms with Crippen LogP contribution in [-0.2, 0) is 14.3 Å². The number of rotatable bonds is 8. The quantitative estimate of drug-likeness (QED) is 0.728. The third kappa shape index (κ3) is 5.02. The number of carbonyl (C=O) groups is 2. The number of benzene rings is 1. The number of nitrogens with zero attached hydrogens (tertiary/aromatic N) is 3. The predicted molar refractivity (Wildman–Crippen MR) is 111 cm³/mol. The van der Waals surface area contributed by atoms with Crippen LogP contribution >= 0.6 is 0 Å². The van der Waals surface area contributed by atoms with Gasteiger partial charge in [0.25, 0.3) is 0 Å². The summed E-state index contributed by atoms with van der Waals surface area (Å²) in [5.74, 6) is -0.285. The molecule has 2 aliphatic heterocycles. The highest BCUT2D eigenvalue weighted by atomic mass is 16.5. The first-order valence-corrected chi connectivity index (χ1v) is 10.4. The van der Waals surface area contributed by atoms with Crippen molar-refractivity contribution in [1.29, 1.82) is 0 Å². The Morgan fingerprint density at radius 3 is 2.50 bits per heavy atom. The summed E-state index contributed by atoms with van der Waals surface area (Å²) in [4.78, 5) is 31.2. The van der Waals surface area contributed by atoms with E-state index in [-0.39, 0.29) is 24.2 Å². The highest BCUT2D eigenvalue weighted by molar-refractivity contribution is 6.00. The Morgan fingerprint density at radius 1 is 1.18 bits per heavy atom. The Bertz CT molecular complexity index is 654. The first kappa shape index (κ1) is 20.6. The van der Waals surface area contributed by atoms with Crippen molar-refractivity contribution in [3.63, 3.8) is 0 Å². The molecule has 1 aromatic carbocycles. The van der Waals surface area contributed by atoms with Crippen molar-refractivity contribution in [1.82, 2.24) is 10.2 Å². The lowest BCUT2D eigenvalue weighted by Crippen LogP contribution is -2.42. The summed E-state index contributed by atoms with van der Waals surface area (Å²) in [6.07, 6.45) is 0.279. The van der Waals surface area contributed by atoms with E-state index in [1.54, 1.807) is 4.90 Å². The minimum atomic E-state index is -0.278. The SMILES string of the molecule is CCN(CC)c1ccc(N2CC(C(=O)NCCN3CCOCC3)CC2=O)cc1. The van der Waals surface area contributed by atoms with Gasteiger partial charge in [-0.1, -0.05) is 0 Å². The second-order valence-corrected chi connectivity index (χ2v) is 7.34. The third-order valence-corrected chi connectivity index (χ3v) is 5.62. The lowest BCUT2D eigenvalue weighted by atomic mass is 10.1. The average Bonchev–Trinajstić information content (AvgIpc) is 3.12. The van der Waals surface area contributed by atoms with Gasteiger partial charge in [-0.3, -0.25) is 14.5 Å². The van der Waals surface area contributed by atoms with Gasteiger partial charge in [0.2, 0.25) is 11.8 Å². The lowest BCUT2D eigenvalue weighted by Gasteiger charge is -2.26. The van der Waals surface area contributed by atoms with Crippen LogP contribution in [-0.4, -0.2) is 75.7 Å². The molecule has 0 aliphatic carbocycles. The molecule has 2 heterocycles. The van der Waals surface area contributed by atoms with Crippen molar-refractivity contribution in [2.24, 2.45) is 5.92 Å². The molecule has 0 aromatic heterocycles. The van der Waals surface area contributed by atoms with Gasteiger partial charge in [0.05, 0.1) is 19.1 Å². The molecule has 7 heteroatoms. The molecule has 2 fully saturated rings. The fourth-order valence-corrected chi connectivity index (χ4v) is 3.87. The van der Waals surface area contributed by atoms with Crippen molar-refractivity contribution in [2.75, 3.05) is 68.8 Å². The van der Waals surface area contributed by atoms with E-state index in [2.05, 4.69) is 29.0 Å². The Hall–Kier alpha value is -2.12. The molecule has 1 N–H and O–H groups in total. The molecule has 2 amide bonds. The Kier molecular flexibility index (Phi) is 7.28. The van der Waals surface area contributed by atoms with Crippen LogP contribution in [0.1, 0.15) is 20.3 Å². The van der Waals surface area contributed by atoms with Crippen molar-refractivity contribution in [3.05, 3.63) is 24.3 Å². The first-order chi connectivity index (χ1) is 13.6. The summed E-state index contributed by atoms with van der Waals surface area (Å²) in [7, 11) is 0. The minimum absolute atomic E-state index is 0.0175. The van der Waals surface area contributed by atoms with Crippen LogP contribution in [0, 0.1) is 5.92 Å². The van der Waals surface area contributed by atoms with E-state index in [1.807, 2.05) is 24.3 Å². The molecule has 1 atom stereocenters. The summed E-state index contributed by atoms with van der Waals surface area (Å²) in [6.45, 7) is 11.4. The highest BCUT2D eigenvalue weighted by Gasteiger charge is 2.35. The topological polar surface area (TPSA) is 65.1 Å². The van der Waals surface area contributed by atoms with Gasteiger partial charge in [0, 0.05) is 63.6 Å². The third-order valence-electron chi connectivity index (χ3n) is 5.62. The van der Waals surface area contributed by atoms with Gasteiger partial charge in [-0.2, -0.15) is 0 Å². The molecular weight excluding hydrogens is 356 g/mol. The first-order valence-electron chi connectivity index (χ1n) is 10.4. The summed E-state index contributed by atoms with van der Waals surface area (Å²) >= 11 is 0. The molecule has 1 aromatic rings. The van der Waals surface area contributed by atoms with Crippen molar-refractivity contribution in [2.45, 2.75) is 20.3 Å². The number of anilines is 2. The molecule has 2 saturated heterocycles. The van der Waals surface area contributed by atoms with Crippen LogP contribution in [0.25, 0.3) is 0 Å². The summed E-state index contributed by atoms with van der Waals surface area (Å²) < 4.78 is 5.33. The van der Waals surface area contributed by atoms with Crippen molar-refractivity contribution < 1.29 is 14.3 Å². The fourth-order valence-electron chi connectivity index (χ4n) is 3.87. The van der Waals surface area contributed by atoms with Crippen LogP contribution < -0.4 is 15.1 Å². The second kappa shape index (κ2) is 9.89. The average molecular weight is 389 g/mol. The Balaban J connectivity index is 1.50. The van der Waals surface area contributed by atoms with Gasteiger partial charge >= 0.3 is 0 Å². The van der Waals surface area contributed by atoms with Crippen LogP contribution in [0.15, 0.2) is 24.3 Å². The van der Waals surface area contributed by atoms with E-state index in [1.165, 1.54) is 0 Å². The van der Waals surface area contributed by atoms with E-state index < -0.39 is 0 Å². The van der Waals surface area contributed by atoms with E-state index in [4.69, 9.17) is 4.74 Å². The van der Waals surface area contributed by atoms with Gasteiger partial charge < -0.3 is 19.9 Å². The number of carbonyl (C=O) groups excluding carboxylic acids is 2. The summed E-state index contributed by atoms with van der Waals surface area (Å²) in [6, 6.07) is 8.05. The Labute approximate surface area is 167 Å². The summed E-state index contributed by atoms with van der Waals surface area (Å²) in [5, 5.41) is 3.00. The van der Waals surface area contributed by atoms with Crippen LogP contribution in [0.3, 0.4) is 0 Å². The Morgan fingerprint density at radius 2 is 1.86 bits per heavy atom. The maximum Gasteiger partial charge on any atom is 0.227 e. The number of ether oxygens (including phenoxy) is 1. The predicted octanol–water partition coefficient (Wildman–Crippen LogP) is 1.33. The molecular formula is C21H32N4O3. The normalized spacial score (nSPS) is 20.4. The second-order valence-electron chi connectivity index (χ2n) is 7.34. The zero-order valence-electron chi connectivity index (χ0n) is 17.0. The van der Waals surface area contributed by atoms with Crippen molar-refractivity contribution in [3.8, 4) is 0 Å². The monoisotopic (exact) mass is 388 g/mol. The zero-order chi connectivity index (χ0) is 19.9. The van der Waals surface area contributed by atoms with Gasteiger partial charge in [-0.15, -0.1) is 0 Å². The molecule has 0 radical (unpaired) electrons. The molecule has 7 nitrogen and oxygen atoms in total. The molecule has 0 spiro atoms.